The van der Waals surface area contributed by atoms with Gasteiger partial charge in [-0.25, -0.2) is 0 Å². The second-order valence-corrected chi connectivity index (χ2v) is 4.92. The summed E-state index contributed by atoms with van der Waals surface area (Å²) in [5, 5.41) is 12.1. The van der Waals surface area contributed by atoms with Crippen LogP contribution in [0.15, 0.2) is 42.5 Å². The van der Waals surface area contributed by atoms with Crippen LogP contribution >= 0.6 is 0 Å². The van der Waals surface area contributed by atoms with Crippen LogP contribution < -0.4 is 10.1 Å². The fourth-order valence-electron chi connectivity index (χ4n) is 2.11. The van der Waals surface area contributed by atoms with E-state index in [-0.39, 0.29) is 6.42 Å². The van der Waals surface area contributed by atoms with Gasteiger partial charge in [-0.3, -0.25) is 4.79 Å². The topological polar surface area (TPSA) is 58.6 Å². The number of aliphatic carboxylic acids is 1. The second kappa shape index (κ2) is 6.79. The van der Waals surface area contributed by atoms with Gasteiger partial charge in [-0.2, -0.15) is 0 Å². The maximum Gasteiger partial charge on any atom is 0.307 e. The lowest BCUT2D eigenvalue weighted by Crippen LogP contribution is -2.03. The molecule has 0 saturated heterocycles. The number of methoxy groups -OCH3 is 1. The molecule has 0 aliphatic rings. The molecular weight excluding hydrogens is 266 g/mol. The summed E-state index contributed by atoms with van der Waals surface area (Å²) in [6.45, 7) is 2.72. The second-order valence-electron chi connectivity index (χ2n) is 4.92. The minimum absolute atomic E-state index is 0.0608. The zero-order chi connectivity index (χ0) is 15.2. The van der Waals surface area contributed by atoms with Gasteiger partial charge in [0.25, 0.3) is 0 Å². The summed E-state index contributed by atoms with van der Waals surface area (Å²) < 4.78 is 5.18. The van der Waals surface area contributed by atoms with Gasteiger partial charge < -0.3 is 15.2 Å². The highest BCUT2D eigenvalue weighted by molar-refractivity contribution is 5.70. The van der Waals surface area contributed by atoms with Crippen LogP contribution in [0.2, 0.25) is 0 Å². The molecule has 21 heavy (non-hydrogen) atoms. The van der Waals surface area contributed by atoms with Crippen LogP contribution in [0.1, 0.15) is 16.7 Å². The SMILES string of the molecule is COc1ccc(NCc2ccc(CC(=O)O)cc2)c(C)c1. The van der Waals surface area contributed by atoms with Crippen LogP contribution in [0, 0.1) is 6.92 Å². The zero-order valence-electron chi connectivity index (χ0n) is 12.2. The Labute approximate surface area is 124 Å². The summed E-state index contributed by atoms with van der Waals surface area (Å²) in [5.74, 6) is 0.0332. The van der Waals surface area contributed by atoms with Crippen molar-refractivity contribution in [1.29, 1.82) is 0 Å². The number of benzene rings is 2. The average molecular weight is 285 g/mol. The van der Waals surface area contributed by atoms with Gasteiger partial charge in [0.05, 0.1) is 13.5 Å². The van der Waals surface area contributed by atoms with E-state index < -0.39 is 5.97 Å². The number of anilines is 1. The van der Waals surface area contributed by atoms with E-state index in [0.717, 1.165) is 28.1 Å². The van der Waals surface area contributed by atoms with Crippen molar-refractivity contribution < 1.29 is 14.6 Å². The molecule has 0 heterocycles. The molecule has 0 aliphatic carbocycles. The Balaban J connectivity index is 1.98. The van der Waals surface area contributed by atoms with Crippen LogP contribution in [0.5, 0.6) is 5.75 Å². The third kappa shape index (κ3) is 4.24. The van der Waals surface area contributed by atoms with Gasteiger partial charge >= 0.3 is 5.97 Å². The van der Waals surface area contributed by atoms with Crippen molar-refractivity contribution in [2.75, 3.05) is 12.4 Å². The minimum atomic E-state index is -0.810. The highest BCUT2D eigenvalue weighted by atomic mass is 16.5. The van der Waals surface area contributed by atoms with Crippen molar-refractivity contribution in [3.8, 4) is 5.75 Å². The highest BCUT2D eigenvalue weighted by Gasteiger charge is 2.02. The van der Waals surface area contributed by atoms with E-state index in [1.807, 2.05) is 49.4 Å². The molecule has 2 aromatic rings. The van der Waals surface area contributed by atoms with Gasteiger partial charge in [-0.1, -0.05) is 24.3 Å². The number of rotatable bonds is 6. The van der Waals surface area contributed by atoms with Crippen LogP contribution in [-0.4, -0.2) is 18.2 Å². The molecule has 0 bridgehead atoms. The molecule has 2 rings (SSSR count). The van der Waals surface area contributed by atoms with Crippen molar-refractivity contribution in [3.05, 3.63) is 59.2 Å². The van der Waals surface area contributed by atoms with Crippen LogP contribution in [0.3, 0.4) is 0 Å². The van der Waals surface area contributed by atoms with Gasteiger partial charge in [0.2, 0.25) is 0 Å². The Morgan fingerprint density at radius 2 is 1.81 bits per heavy atom. The van der Waals surface area contributed by atoms with Crippen molar-refractivity contribution in [2.45, 2.75) is 19.9 Å². The summed E-state index contributed by atoms with van der Waals surface area (Å²) >= 11 is 0. The molecule has 0 aromatic heterocycles. The maximum absolute atomic E-state index is 10.6. The molecular formula is C17H19NO3. The average Bonchev–Trinajstić information content (AvgIpc) is 2.47. The minimum Gasteiger partial charge on any atom is -0.497 e. The van der Waals surface area contributed by atoms with E-state index in [1.165, 1.54) is 0 Å². The maximum atomic E-state index is 10.6. The summed E-state index contributed by atoms with van der Waals surface area (Å²) in [5.41, 5.74) is 4.11. The molecule has 110 valence electrons. The Bertz CT molecular complexity index is 620. The largest absolute Gasteiger partial charge is 0.497 e. The molecule has 0 radical (unpaired) electrons. The first-order valence-electron chi connectivity index (χ1n) is 6.76. The molecule has 0 unspecified atom stereocenters. The number of hydrogen-bond donors (Lipinski definition) is 2. The lowest BCUT2D eigenvalue weighted by Gasteiger charge is -2.11. The zero-order valence-corrected chi connectivity index (χ0v) is 12.2. The quantitative estimate of drug-likeness (QED) is 0.855. The van der Waals surface area contributed by atoms with Crippen LogP contribution in [0.4, 0.5) is 5.69 Å². The number of carboxylic acid groups (broad SMARTS) is 1. The molecule has 0 saturated carbocycles. The Morgan fingerprint density at radius 1 is 1.14 bits per heavy atom. The number of nitrogens with one attached hydrogen (secondary N) is 1. The molecule has 0 atom stereocenters. The number of carbonyl (C=O) groups is 1. The van der Waals surface area contributed by atoms with Gasteiger partial charge in [0.15, 0.2) is 0 Å². The summed E-state index contributed by atoms with van der Waals surface area (Å²) in [6, 6.07) is 13.5. The van der Waals surface area contributed by atoms with Gasteiger partial charge in [0.1, 0.15) is 5.75 Å². The number of ether oxygens (including phenoxy) is 1. The first kappa shape index (κ1) is 14.9. The molecule has 0 fully saturated rings. The van der Waals surface area contributed by atoms with Crippen molar-refractivity contribution >= 4 is 11.7 Å². The van der Waals surface area contributed by atoms with Crippen molar-refractivity contribution in [2.24, 2.45) is 0 Å². The Kier molecular flexibility index (Phi) is 4.82. The number of hydrogen-bond acceptors (Lipinski definition) is 3. The first-order valence-corrected chi connectivity index (χ1v) is 6.76. The fraction of sp³-hybridized carbons (Fsp3) is 0.235. The fourth-order valence-corrected chi connectivity index (χ4v) is 2.11. The lowest BCUT2D eigenvalue weighted by molar-refractivity contribution is -0.136. The standard InChI is InChI=1S/C17H19NO3/c1-12-9-15(21-2)7-8-16(12)18-11-14-5-3-13(4-6-14)10-17(19)20/h3-9,18H,10-11H2,1-2H3,(H,19,20). The summed E-state index contributed by atoms with van der Waals surface area (Å²) in [6.07, 6.45) is 0.0608. The number of aryl methyl sites for hydroxylation is 1. The number of carboxylic acids is 1. The highest BCUT2D eigenvalue weighted by Crippen LogP contribution is 2.21. The van der Waals surface area contributed by atoms with E-state index in [1.54, 1.807) is 7.11 Å². The van der Waals surface area contributed by atoms with E-state index in [9.17, 15) is 4.79 Å². The molecule has 2 N–H and O–H groups in total. The third-order valence-electron chi connectivity index (χ3n) is 3.29. The van der Waals surface area contributed by atoms with Gasteiger partial charge in [-0.05, 0) is 41.8 Å². The van der Waals surface area contributed by atoms with Crippen LogP contribution in [-0.2, 0) is 17.8 Å². The monoisotopic (exact) mass is 285 g/mol. The van der Waals surface area contributed by atoms with Gasteiger partial charge in [0, 0.05) is 12.2 Å². The smallest absolute Gasteiger partial charge is 0.307 e. The normalized spacial score (nSPS) is 10.2. The molecule has 4 nitrogen and oxygen atoms in total. The summed E-state index contributed by atoms with van der Waals surface area (Å²) in [7, 11) is 1.65. The Hall–Kier alpha value is -2.49. The van der Waals surface area contributed by atoms with Crippen LogP contribution in [0.25, 0.3) is 0 Å². The van der Waals surface area contributed by atoms with Gasteiger partial charge in [-0.15, -0.1) is 0 Å². The molecule has 0 aliphatic heterocycles. The third-order valence-corrected chi connectivity index (χ3v) is 3.29. The predicted molar refractivity (Wildman–Crippen MR) is 82.8 cm³/mol. The van der Waals surface area contributed by atoms with E-state index in [4.69, 9.17) is 9.84 Å². The predicted octanol–water partition coefficient (Wildman–Crippen LogP) is 3.24. The van der Waals surface area contributed by atoms with E-state index in [2.05, 4.69) is 5.32 Å². The van der Waals surface area contributed by atoms with Crippen molar-refractivity contribution in [1.82, 2.24) is 0 Å². The summed E-state index contributed by atoms with van der Waals surface area (Å²) in [4.78, 5) is 10.6. The Morgan fingerprint density at radius 3 is 2.38 bits per heavy atom. The molecule has 2 aromatic carbocycles. The molecule has 0 spiro atoms. The van der Waals surface area contributed by atoms with Crippen molar-refractivity contribution in [3.63, 3.8) is 0 Å². The van der Waals surface area contributed by atoms with E-state index in [0.29, 0.717) is 6.54 Å². The molecule has 4 heteroatoms. The van der Waals surface area contributed by atoms with E-state index >= 15 is 0 Å². The molecule has 0 amide bonds. The lowest BCUT2D eigenvalue weighted by atomic mass is 10.1. The first-order chi connectivity index (χ1) is 10.1.